The molecule has 0 unspecified atom stereocenters. The van der Waals surface area contributed by atoms with Crippen LogP contribution in [-0.2, 0) is 4.74 Å². The number of rotatable bonds is 3. The lowest BCUT2D eigenvalue weighted by Gasteiger charge is -2.06. The largest absolute Gasteiger partial charge is 0.461 e. The van der Waals surface area contributed by atoms with E-state index in [-0.39, 0.29) is 0 Å². The summed E-state index contributed by atoms with van der Waals surface area (Å²) in [6.07, 6.45) is 0. The van der Waals surface area contributed by atoms with Crippen molar-refractivity contribution in [3.63, 3.8) is 0 Å². The van der Waals surface area contributed by atoms with Crippen LogP contribution in [0.3, 0.4) is 0 Å². The predicted octanol–water partition coefficient (Wildman–Crippen LogP) is 2.06. The van der Waals surface area contributed by atoms with E-state index in [1.807, 2.05) is 31.2 Å². The molecule has 0 atom stereocenters. The Kier molecular flexibility index (Phi) is 3.41. The van der Waals surface area contributed by atoms with Gasteiger partial charge in [0.05, 0.1) is 18.0 Å². The molecule has 5 heteroatoms. The third kappa shape index (κ3) is 2.25. The first-order valence-corrected chi connectivity index (χ1v) is 5.80. The molecular weight excluding hydrogens is 230 g/mol. The summed E-state index contributed by atoms with van der Waals surface area (Å²) < 4.78 is 6.52. The number of carbonyl (C=O) groups excluding carboxylic acids is 1. The second kappa shape index (κ2) is 5.00. The van der Waals surface area contributed by atoms with Gasteiger partial charge >= 0.3 is 5.97 Å². The maximum Gasteiger partial charge on any atom is 0.359 e. The van der Waals surface area contributed by atoms with Crippen molar-refractivity contribution in [2.75, 3.05) is 6.61 Å². The zero-order valence-corrected chi connectivity index (χ0v) is 10.7. The number of ether oxygens (including phenoxy) is 1. The lowest BCUT2D eigenvalue weighted by atomic mass is 10.2. The quantitative estimate of drug-likeness (QED) is 0.777. The average molecular weight is 245 g/mol. The highest BCUT2D eigenvalue weighted by Crippen LogP contribution is 2.14. The van der Waals surface area contributed by atoms with Gasteiger partial charge in [-0.2, -0.15) is 0 Å². The van der Waals surface area contributed by atoms with Crippen LogP contribution in [0.2, 0.25) is 0 Å². The van der Waals surface area contributed by atoms with E-state index in [0.717, 1.165) is 11.3 Å². The van der Waals surface area contributed by atoms with E-state index in [1.54, 1.807) is 13.8 Å². The average Bonchev–Trinajstić information content (AvgIpc) is 2.72. The van der Waals surface area contributed by atoms with Crippen LogP contribution in [0.25, 0.3) is 5.69 Å². The Morgan fingerprint density at radius 1 is 1.28 bits per heavy atom. The minimum absolute atomic E-state index is 0.331. The fraction of sp³-hybridized carbons (Fsp3) is 0.308. The second-order valence-corrected chi connectivity index (χ2v) is 3.99. The van der Waals surface area contributed by atoms with Crippen molar-refractivity contribution in [3.8, 4) is 5.69 Å². The molecule has 0 radical (unpaired) electrons. The van der Waals surface area contributed by atoms with Gasteiger partial charge in [0.1, 0.15) is 0 Å². The van der Waals surface area contributed by atoms with Gasteiger partial charge in [-0.25, -0.2) is 9.48 Å². The van der Waals surface area contributed by atoms with Gasteiger partial charge in [-0.05, 0) is 32.9 Å². The normalized spacial score (nSPS) is 10.4. The van der Waals surface area contributed by atoms with Crippen molar-refractivity contribution in [1.82, 2.24) is 15.0 Å². The summed E-state index contributed by atoms with van der Waals surface area (Å²) in [5, 5.41) is 7.92. The number of nitrogens with zero attached hydrogens (tertiary/aromatic N) is 3. The summed E-state index contributed by atoms with van der Waals surface area (Å²) in [5.74, 6) is -0.402. The van der Waals surface area contributed by atoms with Crippen LogP contribution in [0.5, 0.6) is 0 Å². The number of hydrogen-bond acceptors (Lipinski definition) is 4. The minimum Gasteiger partial charge on any atom is -0.461 e. The molecule has 0 bridgehead atoms. The molecule has 0 saturated carbocycles. The van der Waals surface area contributed by atoms with Crippen molar-refractivity contribution in [2.24, 2.45) is 0 Å². The van der Waals surface area contributed by atoms with Crippen molar-refractivity contribution in [1.29, 1.82) is 0 Å². The number of aromatic nitrogens is 3. The Labute approximate surface area is 105 Å². The van der Waals surface area contributed by atoms with E-state index in [0.29, 0.717) is 18.0 Å². The molecule has 5 nitrogen and oxygen atoms in total. The molecule has 2 aromatic rings. The fourth-order valence-electron chi connectivity index (χ4n) is 1.66. The summed E-state index contributed by atoms with van der Waals surface area (Å²) in [4.78, 5) is 11.9. The van der Waals surface area contributed by atoms with Crippen LogP contribution in [0.15, 0.2) is 24.3 Å². The third-order valence-electron chi connectivity index (χ3n) is 2.59. The van der Waals surface area contributed by atoms with Gasteiger partial charge in [-0.1, -0.05) is 22.9 Å². The molecule has 0 spiro atoms. The molecule has 18 heavy (non-hydrogen) atoms. The van der Waals surface area contributed by atoms with E-state index in [1.165, 1.54) is 4.68 Å². The maximum atomic E-state index is 11.9. The Morgan fingerprint density at radius 3 is 2.56 bits per heavy atom. The molecule has 0 aliphatic heterocycles. The van der Waals surface area contributed by atoms with E-state index >= 15 is 0 Å². The highest BCUT2D eigenvalue weighted by molar-refractivity contribution is 5.89. The summed E-state index contributed by atoms with van der Waals surface area (Å²) in [5.41, 5.74) is 2.88. The van der Waals surface area contributed by atoms with Crippen molar-refractivity contribution < 1.29 is 9.53 Å². The van der Waals surface area contributed by atoms with Crippen molar-refractivity contribution in [2.45, 2.75) is 20.8 Å². The first-order chi connectivity index (χ1) is 8.63. The molecule has 0 amide bonds. The van der Waals surface area contributed by atoms with Crippen molar-refractivity contribution >= 4 is 5.97 Å². The van der Waals surface area contributed by atoms with Crippen LogP contribution in [0.4, 0.5) is 0 Å². The van der Waals surface area contributed by atoms with Crippen LogP contribution in [-0.4, -0.2) is 27.6 Å². The second-order valence-electron chi connectivity index (χ2n) is 3.99. The molecular formula is C13H15N3O2. The van der Waals surface area contributed by atoms with Gasteiger partial charge in [0.25, 0.3) is 0 Å². The molecule has 0 aliphatic rings. The lowest BCUT2D eigenvalue weighted by molar-refractivity contribution is 0.0515. The van der Waals surface area contributed by atoms with E-state index in [9.17, 15) is 4.79 Å². The summed E-state index contributed by atoms with van der Waals surface area (Å²) in [6.45, 7) is 5.84. The van der Waals surface area contributed by atoms with E-state index < -0.39 is 5.97 Å². The van der Waals surface area contributed by atoms with Crippen LogP contribution >= 0.6 is 0 Å². The molecule has 0 N–H and O–H groups in total. The molecule has 1 heterocycles. The summed E-state index contributed by atoms with van der Waals surface area (Å²) in [7, 11) is 0. The van der Waals surface area contributed by atoms with Gasteiger partial charge in [0, 0.05) is 0 Å². The first kappa shape index (κ1) is 12.3. The zero-order valence-electron chi connectivity index (χ0n) is 10.7. The number of esters is 1. The Balaban J connectivity index is 2.45. The van der Waals surface area contributed by atoms with Gasteiger partial charge in [0.2, 0.25) is 0 Å². The monoisotopic (exact) mass is 245 g/mol. The molecule has 2 rings (SSSR count). The summed E-state index contributed by atoms with van der Waals surface area (Å²) in [6, 6.07) is 7.71. The van der Waals surface area contributed by atoms with Crippen LogP contribution in [0, 0.1) is 13.8 Å². The Morgan fingerprint density at radius 2 is 1.94 bits per heavy atom. The van der Waals surface area contributed by atoms with E-state index in [4.69, 9.17) is 4.74 Å². The molecule has 1 aromatic carbocycles. The fourth-order valence-corrected chi connectivity index (χ4v) is 1.66. The molecule has 1 aromatic heterocycles. The van der Waals surface area contributed by atoms with Crippen LogP contribution < -0.4 is 0 Å². The minimum atomic E-state index is -0.402. The SMILES string of the molecule is CCOC(=O)c1c(C)nnn1-c1ccc(C)cc1. The lowest BCUT2D eigenvalue weighted by Crippen LogP contribution is -2.13. The summed E-state index contributed by atoms with van der Waals surface area (Å²) >= 11 is 0. The highest BCUT2D eigenvalue weighted by Gasteiger charge is 2.19. The topological polar surface area (TPSA) is 57.0 Å². The van der Waals surface area contributed by atoms with Gasteiger partial charge in [0.15, 0.2) is 5.69 Å². The Bertz CT molecular complexity index is 558. The molecule has 0 fully saturated rings. The third-order valence-corrected chi connectivity index (χ3v) is 2.59. The number of carbonyl (C=O) groups is 1. The van der Waals surface area contributed by atoms with Gasteiger partial charge < -0.3 is 4.74 Å². The highest BCUT2D eigenvalue weighted by atomic mass is 16.5. The van der Waals surface area contributed by atoms with E-state index in [2.05, 4.69) is 10.3 Å². The Hall–Kier alpha value is -2.17. The zero-order chi connectivity index (χ0) is 13.1. The number of aryl methyl sites for hydroxylation is 2. The van der Waals surface area contributed by atoms with Gasteiger partial charge in [-0.15, -0.1) is 5.10 Å². The number of benzene rings is 1. The predicted molar refractivity (Wildman–Crippen MR) is 66.8 cm³/mol. The molecule has 0 aliphatic carbocycles. The smallest absolute Gasteiger partial charge is 0.359 e. The standard InChI is InChI=1S/C13H15N3O2/c1-4-18-13(17)12-10(3)14-15-16(12)11-7-5-9(2)6-8-11/h5-8H,4H2,1-3H3. The van der Waals surface area contributed by atoms with Crippen LogP contribution in [0.1, 0.15) is 28.7 Å². The number of hydrogen-bond donors (Lipinski definition) is 0. The maximum absolute atomic E-state index is 11.9. The van der Waals surface area contributed by atoms with Gasteiger partial charge in [-0.3, -0.25) is 0 Å². The van der Waals surface area contributed by atoms with Crippen molar-refractivity contribution in [3.05, 3.63) is 41.2 Å². The molecule has 0 saturated heterocycles. The molecule has 94 valence electrons. The first-order valence-electron chi connectivity index (χ1n) is 5.80.